The predicted molar refractivity (Wildman–Crippen MR) is 108 cm³/mol. The third-order valence-electron chi connectivity index (χ3n) is 6.46. The molecule has 3 unspecified atom stereocenters. The van der Waals surface area contributed by atoms with Crippen LogP contribution in [0.5, 0.6) is 0 Å². The minimum absolute atomic E-state index is 0.178. The molecule has 1 saturated carbocycles. The lowest BCUT2D eigenvalue weighted by molar-refractivity contribution is 0.121. The van der Waals surface area contributed by atoms with Gasteiger partial charge in [-0.1, -0.05) is 25.0 Å². The zero-order valence-electron chi connectivity index (χ0n) is 16.6. The molecule has 1 aliphatic carbocycles. The largest absolute Gasteiger partial charge is 0.282 e. The summed E-state index contributed by atoms with van der Waals surface area (Å²) in [5, 5.41) is 4.13. The standard InChI is InChI=1S/C20H29N5O2S/c1-16(17-9-11-19(12-10-17)24-15-21-14-22-24)23(2)28(26,27)25-13-5-7-18-6-3-4-8-20(18)25/h9-12,14-16,18,20H,3-8,13H2,1-2H3. The summed E-state index contributed by atoms with van der Waals surface area (Å²) in [7, 11) is -1.79. The van der Waals surface area contributed by atoms with E-state index in [4.69, 9.17) is 0 Å². The second-order valence-electron chi connectivity index (χ2n) is 8.00. The van der Waals surface area contributed by atoms with Crippen LogP contribution in [-0.4, -0.2) is 51.4 Å². The van der Waals surface area contributed by atoms with E-state index in [1.165, 1.54) is 29.9 Å². The molecule has 4 rings (SSSR count). The molecular weight excluding hydrogens is 374 g/mol. The number of aromatic nitrogens is 3. The Morgan fingerprint density at radius 1 is 1.11 bits per heavy atom. The van der Waals surface area contributed by atoms with Crippen LogP contribution in [0.4, 0.5) is 0 Å². The summed E-state index contributed by atoms with van der Waals surface area (Å²) in [6.45, 7) is 2.59. The van der Waals surface area contributed by atoms with E-state index in [9.17, 15) is 8.42 Å². The molecule has 0 amide bonds. The molecule has 152 valence electrons. The molecule has 0 spiro atoms. The molecule has 3 atom stereocenters. The topological polar surface area (TPSA) is 71.3 Å². The van der Waals surface area contributed by atoms with Crippen molar-refractivity contribution in [2.45, 2.75) is 57.5 Å². The Labute approximate surface area is 167 Å². The van der Waals surface area contributed by atoms with E-state index in [1.807, 2.05) is 31.2 Å². The fraction of sp³-hybridized carbons (Fsp3) is 0.600. The molecule has 0 radical (unpaired) electrons. The molecule has 2 heterocycles. The molecule has 0 bridgehead atoms. The first-order valence-corrected chi connectivity index (χ1v) is 11.6. The highest BCUT2D eigenvalue weighted by atomic mass is 32.2. The number of piperidine rings is 1. The van der Waals surface area contributed by atoms with Crippen molar-refractivity contribution in [1.29, 1.82) is 0 Å². The average molecular weight is 404 g/mol. The third kappa shape index (κ3) is 3.60. The van der Waals surface area contributed by atoms with Gasteiger partial charge in [0, 0.05) is 25.7 Å². The molecule has 7 nitrogen and oxygen atoms in total. The molecule has 1 aliphatic heterocycles. The van der Waals surface area contributed by atoms with E-state index in [0.717, 1.165) is 30.5 Å². The van der Waals surface area contributed by atoms with E-state index in [1.54, 1.807) is 22.4 Å². The van der Waals surface area contributed by atoms with Gasteiger partial charge in [0.05, 0.1) is 5.69 Å². The molecule has 2 aliphatic rings. The predicted octanol–water partition coefficient (Wildman–Crippen LogP) is 3.16. The van der Waals surface area contributed by atoms with Gasteiger partial charge in [-0.05, 0) is 56.2 Å². The number of hydrogen-bond donors (Lipinski definition) is 0. The van der Waals surface area contributed by atoms with Crippen LogP contribution in [0.2, 0.25) is 0 Å². The Balaban J connectivity index is 1.53. The van der Waals surface area contributed by atoms with Gasteiger partial charge in [0.15, 0.2) is 0 Å². The molecule has 0 N–H and O–H groups in total. The lowest BCUT2D eigenvalue weighted by Crippen LogP contribution is -2.53. The zero-order chi connectivity index (χ0) is 19.7. The zero-order valence-corrected chi connectivity index (χ0v) is 17.4. The SMILES string of the molecule is CC(c1ccc(-n2cncn2)cc1)N(C)S(=O)(=O)N1CCCC2CCCCC21. The van der Waals surface area contributed by atoms with Crippen LogP contribution >= 0.6 is 0 Å². The second kappa shape index (κ2) is 7.93. The molecule has 1 aromatic carbocycles. The van der Waals surface area contributed by atoms with Crippen LogP contribution < -0.4 is 0 Å². The number of nitrogens with zero attached hydrogens (tertiary/aromatic N) is 5. The van der Waals surface area contributed by atoms with E-state index in [0.29, 0.717) is 12.5 Å². The van der Waals surface area contributed by atoms with Gasteiger partial charge in [0.25, 0.3) is 10.2 Å². The van der Waals surface area contributed by atoms with Crippen molar-refractivity contribution in [3.05, 3.63) is 42.5 Å². The van der Waals surface area contributed by atoms with Gasteiger partial charge in [-0.15, -0.1) is 0 Å². The molecule has 2 aromatic rings. The quantitative estimate of drug-likeness (QED) is 0.769. The summed E-state index contributed by atoms with van der Waals surface area (Å²) in [6.07, 6.45) is 9.81. The van der Waals surface area contributed by atoms with Crippen molar-refractivity contribution in [1.82, 2.24) is 23.4 Å². The summed E-state index contributed by atoms with van der Waals surface area (Å²) < 4.78 is 31.9. The summed E-state index contributed by atoms with van der Waals surface area (Å²) in [5.41, 5.74) is 1.87. The van der Waals surface area contributed by atoms with Crippen LogP contribution in [0.3, 0.4) is 0 Å². The van der Waals surface area contributed by atoms with E-state index in [2.05, 4.69) is 10.1 Å². The van der Waals surface area contributed by atoms with Crippen molar-refractivity contribution in [3.8, 4) is 5.69 Å². The monoisotopic (exact) mass is 403 g/mol. The molecular formula is C20H29N5O2S. The van der Waals surface area contributed by atoms with Crippen LogP contribution in [-0.2, 0) is 10.2 Å². The van der Waals surface area contributed by atoms with Crippen LogP contribution in [0.15, 0.2) is 36.9 Å². The maximum atomic E-state index is 13.4. The summed E-state index contributed by atoms with van der Waals surface area (Å²) in [4.78, 5) is 3.96. The molecule has 1 saturated heterocycles. The van der Waals surface area contributed by atoms with Crippen molar-refractivity contribution in [2.24, 2.45) is 5.92 Å². The van der Waals surface area contributed by atoms with Gasteiger partial charge in [-0.2, -0.15) is 22.1 Å². The average Bonchev–Trinajstić information content (AvgIpc) is 3.27. The molecule has 1 aromatic heterocycles. The Hall–Kier alpha value is -1.77. The maximum absolute atomic E-state index is 13.4. The van der Waals surface area contributed by atoms with Gasteiger partial charge in [-0.3, -0.25) is 0 Å². The summed E-state index contributed by atoms with van der Waals surface area (Å²) in [5.74, 6) is 0.531. The normalized spacial score (nSPS) is 24.8. The third-order valence-corrected chi connectivity index (χ3v) is 8.55. The number of hydrogen-bond acceptors (Lipinski definition) is 4. The highest BCUT2D eigenvalue weighted by Gasteiger charge is 2.41. The highest BCUT2D eigenvalue weighted by molar-refractivity contribution is 7.86. The highest BCUT2D eigenvalue weighted by Crippen LogP contribution is 2.38. The fourth-order valence-electron chi connectivity index (χ4n) is 4.69. The maximum Gasteiger partial charge on any atom is 0.282 e. The fourth-order valence-corrected chi connectivity index (χ4v) is 6.52. The second-order valence-corrected chi connectivity index (χ2v) is 9.94. The first-order chi connectivity index (χ1) is 13.5. The van der Waals surface area contributed by atoms with Crippen LogP contribution in [0.1, 0.15) is 57.1 Å². The number of rotatable bonds is 5. The number of benzene rings is 1. The number of fused-ring (bicyclic) bond motifs is 1. The van der Waals surface area contributed by atoms with Gasteiger partial charge in [0.2, 0.25) is 0 Å². The van der Waals surface area contributed by atoms with E-state index >= 15 is 0 Å². The molecule has 8 heteroatoms. The Morgan fingerprint density at radius 3 is 2.54 bits per heavy atom. The van der Waals surface area contributed by atoms with Gasteiger partial charge in [0.1, 0.15) is 12.7 Å². The minimum atomic E-state index is -3.49. The Bertz CT molecular complexity index is 880. The first kappa shape index (κ1) is 19.5. The van der Waals surface area contributed by atoms with Crippen LogP contribution in [0.25, 0.3) is 5.69 Å². The first-order valence-electron chi connectivity index (χ1n) is 10.2. The summed E-state index contributed by atoms with van der Waals surface area (Å²) in [6, 6.07) is 7.76. The van der Waals surface area contributed by atoms with Gasteiger partial charge >= 0.3 is 0 Å². The van der Waals surface area contributed by atoms with Crippen molar-refractivity contribution >= 4 is 10.2 Å². The van der Waals surface area contributed by atoms with E-state index in [-0.39, 0.29) is 12.1 Å². The lowest BCUT2D eigenvalue weighted by Gasteiger charge is -2.44. The van der Waals surface area contributed by atoms with Crippen LogP contribution in [0, 0.1) is 5.92 Å². The smallest absolute Gasteiger partial charge is 0.223 e. The lowest BCUT2D eigenvalue weighted by atomic mass is 9.79. The Kier molecular flexibility index (Phi) is 5.53. The van der Waals surface area contributed by atoms with Crippen molar-refractivity contribution in [3.63, 3.8) is 0 Å². The minimum Gasteiger partial charge on any atom is -0.223 e. The van der Waals surface area contributed by atoms with E-state index < -0.39 is 10.2 Å². The Morgan fingerprint density at radius 2 is 1.82 bits per heavy atom. The van der Waals surface area contributed by atoms with Crippen molar-refractivity contribution < 1.29 is 8.42 Å². The molecule has 28 heavy (non-hydrogen) atoms. The van der Waals surface area contributed by atoms with Gasteiger partial charge < -0.3 is 0 Å². The van der Waals surface area contributed by atoms with Crippen molar-refractivity contribution in [2.75, 3.05) is 13.6 Å². The van der Waals surface area contributed by atoms with Gasteiger partial charge in [-0.25, -0.2) is 9.67 Å². The summed E-state index contributed by atoms with van der Waals surface area (Å²) >= 11 is 0. The molecule has 2 fully saturated rings.